The number of carbonyl (C=O) groups excluding carboxylic acids is 3. The highest BCUT2D eigenvalue weighted by atomic mass is 19.1. The molecule has 7 fully saturated rings. The van der Waals surface area contributed by atoms with Crippen LogP contribution in [-0.4, -0.2) is 121 Å². The monoisotopic (exact) mass is 1060 g/mol. The van der Waals surface area contributed by atoms with E-state index in [1.165, 1.54) is 6.07 Å². The maximum absolute atomic E-state index is 17.2. The van der Waals surface area contributed by atoms with Gasteiger partial charge in [0.1, 0.15) is 42.1 Å². The quantitative estimate of drug-likeness (QED) is 0.0947. The number of terminal acetylenes is 1. The number of carbonyl (C=O) groups is 3. The largest absolute Gasteiger partial charge is 0.461 e. The summed E-state index contributed by atoms with van der Waals surface area (Å²) in [5, 5.41) is 7.64. The van der Waals surface area contributed by atoms with Crippen LogP contribution >= 0.6 is 0 Å². The van der Waals surface area contributed by atoms with Gasteiger partial charge in [-0.25, -0.2) is 18.4 Å². The Hall–Kier alpha value is -6.97. The number of aryl methyl sites for hydroxylation is 2. The summed E-state index contributed by atoms with van der Waals surface area (Å²) in [4.78, 5) is 72.8. The Morgan fingerprint density at radius 1 is 0.897 bits per heavy atom. The van der Waals surface area contributed by atoms with Crippen molar-refractivity contribution in [2.24, 2.45) is 18.4 Å². The van der Waals surface area contributed by atoms with Gasteiger partial charge in [0.25, 0.3) is 0 Å². The minimum atomic E-state index is -0.705. The fourth-order valence-corrected chi connectivity index (χ4v) is 15.0. The SMILES string of the molecule is C#Cc1c(F)ccc2cccc(-c3ncc4c(N5CC6CCC(C5)N6)nc(OC[C@@]56CCCN5[C@H](COC(=O)N5CCC7(CCC(CCc8cccc9c8n(C)c(=O)n9C8CCC(=O)NC8=O)CC7)CC5)CC6)nc4c3F)c12. The summed E-state index contributed by atoms with van der Waals surface area (Å²) in [7, 11) is 1.76. The lowest BCUT2D eigenvalue weighted by Crippen LogP contribution is -2.51. The summed E-state index contributed by atoms with van der Waals surface area (Å²) in [5.41, 5.74) is 2.88. The van der Waals surface area contributed by atoms with E-state index in [0.29, 0.717) is 91.4 Å². The van der Waals surface area contributed by atoms with Crippen molar-refractivity contribution in [3.8, 4) is 29.6 Å². The molecule has 78 heavy (non-hydrogen) atoms. The van der Waals surface area contributed by atoms with E-state index in [-0.39, 0.29) is 63.9 Å². The van der Waals surface area contributed by atoms with E-state index in [1.807, 2.05) is 23.1 Å². The number of anilines is 1. The van der Waals surface area contributed by atoms with Crippen LogP contribution in [-0.2, 0) is 27.8 Å². The Kier molecular flexibility index (Phi) is 13.0. The molecule has 13 rings (SSSR count). The minimum Gasteiger partial charge on any atom is -0.461 e. The number of imide groups is 1. The first kappa shape index (κ1) is 50.5. The number of hydrogen-bond acceptors (Lipinski definition) is 12. The third-order valence-corrected chi connectivity index (χ3v) is 19.2. The average Bonchev–Trinajstić information content (AvgIpc) is 4.37. The van der Waals surface area contributed by atoms with Crippen molar-refractivity contribution >= 4 is 56.4 Å². The van der Waals surface area contributed by atoms with Gasteiger partial charge in [-0.2, -0.15) is 9.97 Å². The number of benzene rings is 3. The third kappa shape index (κ3) is 8.85. The van der Waals surface area contributed by atoms with Crippen LogP contribution in [0.5, 0.6) is 6.01 Å². The molecular formula is C60H66F2N10O6. The molecule has 2 bridgehead atoms. The van der Waals surface area contributed by atoms with Crippen molar-refractivity contribution in [2.75, 3.05) is 50.8 Å². The van der Waals surface area contributed by atoms with Crippen molar-refractivity contribution in [2.45, 2.75) is 132 Å². The van der Waals surface area contributed by atoms with Gasteiger partial charge in [-0.05, 0) is 137 Å². The number of rotatable bonds is 11. The Balaban J connectivity index is 0.636. The number of piperazine rings is 1. The van der Waals surface area contributed by atoms with E-state index in [1.54, 1.807) is 40.6 Å². The first-order valence-electron chi connectivity index (χ1n) is 28.3. The molecule has 6 aromatic rings. The number of nitrogens with zero attached hydrogens (tertiary/aromatic N) is 8. The Labute approximate surface area is 451 Å². The second-order valence-corrected chi connectivity index (χ2v) is 23.5. The molecule has 6 aliphatic heterocycles. The van der Waals surface area contributed by atoms with E-state index in [2.05, 4.69) is 37.4 Å². The molecule has 9 heterocycles. The van der Waals surface area contributed by atoms with Crippen molar-refractivity contribution in [1.29, 1.82) is 0 Å². The maximum Gasteiger partial charge on any atom is 0.409 e. The molecule has 2 N–H and O–H groups in total. The number of para-hydroxylation sites is 1. The molecule has 16 nitrogen and oxygen atoms in total. The highest BCUT2D eigenvalue weighted by Crippen LogP contribution is 2.48. The van der Waals surface area contributed by atoms with Gasteiger partial charge in [0.2, 0.25) is 11.8 Å². The lowest BCUT2D eigenvalue weighted by atomic mass is 9.65. The lowest BCUT2D eigenvalue weighted by Gasteiger charge is -2.45. The molecule has 3 unspecified atom stereocenters. The summed E-state index contributed by atoms with van der Waals surface area (Å²) in [6.07, 6.45) is 21.7. The zero-order chi connectivity index (χ0) is 53.5. The van der Waals surface area contributed by atoms with Crippen LogP contribution in [0.25, 0.3) is 44.0 Å². The molecular weight excluding hydrogens is 995 g/mol. The van der Waals surface area contributed by atoms with Crippen LogP contribution in [0.1, 0.15) is 113 Å². The normalized spacial score (nSPS) is 25.3. The molecule has 1 saturated carbocycles. The second kappa shape index (κ2) is 20.0. The predicted octanol–water partition coefficient (Wildman–Crippen LogP) is 8.09. The van der Waals surface area contributed by atoms with Crippen LogP contribution in [0.3, 0.4) is 0 Å². The number of amides is 3. The van der Waals surface area contributed by atoms with Gasteiger partial charge < -0.3 is 24.6 Å². The second-order valence-electron chi connectivity index (χ2n) is 23.5. The number of imidazole rings is 1. The number of nitrogens with one attached hydrogen (secondary N) is 2. The highest BCUT2D eigenvalue weighted by molar-refractivity contribution is 6.02. The number of fused-ring (bicyclic) bond motifs is 6. The van der Waals surface area contributed by atoms with Gasteiger partial charge in [-0.3, -0.25) is 33.9 Å². The summed E-state index contributed by atoms with van der Waals surface area (Å²) >= 11 is 0. The number of ether oxygens (including phenoxy) is 2. The Bertz CT molecular complexity index is 3490. The Morgan fingerprint density at radius 2 is 1.69 bits per heavy atom. The number of pyridine rings is 1. The highest BCUT2D eigenvalue weighted by Gasteiger charge is 2.51. The van der Waals surface area contributed by atoms with Gasteiger partial charge in [-0.15, -0.1) is 6.42 Å². The van der Waals surface area contributed by atoms with Crippen LogP contribution < -0.4 is 26.0 Å². The van der Waals surface area contributed by atoms with Crippen molar-refractivity contribution in [1.82, 2.24) is 44.5 Å². The van der Waals surface area contributed by atoms with E-state index in [0.717, 1.165) is 113 Å². The zero-order valence-corrected chi connectivity index (χ0v) is 44.2. The molecule has 1 aliphatic carbocycles. The number of halogens is 2. The number of hydrogen-bond donors (Lipinski definition) is 2. The smallest absolute Gasteiger partial charge is 0.409 e. The number of aromatic nitrogens is 5. The first-order valence-corrected chi connectivity index (χ1v) is 28.3. The topological polar surface area (TPSA) is 169 Å². The maximum atomic E-state index is 17.2. The first-order chi connectivity index (χ1) is 37.9. The Morgan fingerprint density at radius 3 is 2.47 bits per heavy atom. The van der Waals surface area contributed by atoms with Crippen LogP contribution in [0.2, 0.25) is 0 Å². The molecule has 0 radical (unpaired) electrons. The number of likely N-dealkylation sites (tertiary alicyclic amines) is 1. The molecule has 7 aliphatic rings. The molecule has 6 saturated heterocycles. The fourth-order valence-electron chi connectivity index (χ4n) is 15.0. The fraction of sp³-hybridized carbons (Fsp3) is 0.517. The molecule has 18 heteroatoms. The molecule has 5 atom stereocenters. The standard InChI is InChI=1S/C60H66F2N10O6/c1-3-42-45(61)16-13-37-7-4-9-43(49(37)42)51-50(62)52-44(31-63-51)54(70-32-39-14-15-40(33-70)64-39)67-56(66-52)78-35-60-22-6-28-71(60)41(21-25-60)34-77-58(76)69-29-26-59(27-30-69)23-19-36(20-24-59)11-12-38-8-5-10-46-53(38)68(2)57(75)72(46)47-17-18-48(73)65-55(47)74/h1,4-5,7-10,13,16,31,36,39-41,47,64H,6,11-12,14-15,17-30,32-35H2,2H3,(H,65,73,74)/t39?,40?,41-,47?,60-/m0/s1. The molecule has 3 amide bonds. The number of piperidine rings is 2. The van der Waals surface area contributed by atoms with E-state index < -0.39 is 23.6 Å². The van der Waals surface area contributed by atoms with Crippen molar-refractivity contribution < 1.29 is 32.6 Å². The van der Waals surface area contributed by atoms with Gasteiger partial charge in [0, 0.05) is 74.9 Å². The van der Waals surface area contributed by atoms with Gasteiger partial charge in [0.15, 0.2) is 5.82 Å². The minimum absolute atomic E-state index is 0.0185. The molecule has 1 spiro atoms. The average molecular weight is 1060 g/mol. The van der Waals surface area contributed by atoms with E-state index in [9.17, 15) is 19.2 Å². The lowest BCUT2D eigenvalue weighted by molar-refractivity contribution is -0.135. The van der Waals surface area contributed by atoms with Gasteiger partial charge in [0.05, 0.1) is 27.5 Å². The van der Waals surface area contributed by atoms with Crippen molar-refractivity contribution in [3.05, 3.63) is 88.0 Å². The summed E-state index contributed by atoms with van der Waals surface area (Å²) in [6, 6.07) is 14.2. The van der Waals surface area contributed by atoms with Crippen molar-refractivity contribution in [3.63, 3.8) is 0 Å². The van der Waals surface area contributed by atoms with Crippen LogP contribution in [0.15, 0.2) is 59.5 Å². The van der Waals surface area contributed by atoms with Crippen LogP contribution in [0.4, 0.5) is 19.4 Å². The summed E-state index contributed by atoms with van der Waals surface area (Å²) in [6.45, 7) is 4.24. The van der Waals surface area contributed by atoms with Gasteiger partial charge in [-0.1, -0.05) is 42.3 Å². The third-order valence-electron chi connectivity index (χ3n) is 19.2. The van der Waals surface area contributed by atoms with E-state index in [4.69, 9.17) is 25.9 Å². The summed E-state index contributed by atoms with van der Waals surface area (Å²) < 4.78 is 48.3. The predicted molar refractivity (Wildman–Crippen MR) is 291 cm³/mol. The molecule has 406 valence electrons. The van der Waals surface area contributed by atoms with Gasteiger partial charge >= 0.3 is 17.8 Å². The zero-order valence-electron chi connectivity index (χ0n) is 44.2. The van der Waals surface area contributed by atoms with Crippen LogP contribution in [0, 0.1) is 35.3 Å². The summed E-state index contributed by atoms with van der Waals surface area (Å²) in [5.74, 6) is 1.66. The van der Waals surface area contributed by atoms with E-state index >= 15 is 8.78 Å². The molecule has 3 aromatic carbocycles. The molecule has 3 aromatic heterocycles.